The van der Waals surface area contributed by atoms with Crippen molar-refractivity contribution in [3.8, 4) is 5.75 Å². The van der Waals surface area contributed by atoms with Gasteiger partial charge in [0.15, 0.2) is 0 Å². The number of aliphatic hydroxyl groups excluding tert-OH is 1. The number of aliphatic hydroxyl groups is 1. The number of ether oxygens (including phenoxy) is 1. The molecule has 0 aliphatic heterocycles. The fourth-order valence-electron chi connectivity index (χ4n) is 1.42. The molecule has 0 spiro atoms. The molecule has 0 atom stereocenters. The Morgan fingerprint density at radius 1 is 1.40 bits per heavy atom. The number of rotatable bonds is 2. The lowest BCUT2D eigenvalue weighted by molar-refractivity contribution is 0.241. The zero-order valence-corrected chi connectivity index (χ0v) is 8.19. The lowest BCUT2D eigenvalue weighted by Gasteiger charge is -2.02. The summed E-state index contributed by atoms with van der Waals surface area (Å²) >= 11 is 0. The summed E-state index contributed by atoms with van der Waals surface area (Å²) in [7, 11) is 1.53. The fraction of sp³-hybridized carbons (Fsp3) is 0.182. The van der Waals surface area contributed by atoms with Gasteiger partial charge >= 0.3 is 5.63 Å². The van der Waals surface area contributed by atoms with Gasteiger partial charge < -0.3 is 14.3 Å². The van der Waals surface area contributed by atoms with E-state index in [1.807, 2.05) is 0 Å². The third-order valence-electron chi connectivity index (χ3n) is 2.18. The van der Waals surface area contributed by atoms with Crippen molar-refractivity contribution in [3.63, 3.8) is 0 Å². The van der Waals surface area contributed by atoms with Crippen molar-refractivity contribution in [2.24, 2.45) is 0 Å². The Labute approximate surface area is 85.7 Å². The van der Waals surface area contributed by atoms with Gasteiger partial charge in [-0.25, -0.2) is 4.79 Å². The third-order valence-corrected chi connectivity index (χ3v) is 2.18. The Hall–Kier alpha value is -1.81. The molecule has 2 rings (SSSR count). The average Bonchev–Trinajstić information content (AvgIpc) is 2.28. The van der Waals surface area contributed by atoms with Crippen LogP contribution < -0.4 is 10.4 Å². The van der Waals surface area contributed by atoms with Gasteiger partial charge in [-0.05, 0) is 23.6 Å². The highest BCUT2D eigenvalue weighted by atomic mass is 16.5. The van der Waals surface area contributed by atoms with Gasteiger partial charge in [-0.2, -0.15) is 0 Å². The maximum Gasteiger partial charge on any atom is 0.344 e. The highest BCUT2D eigenvalue weighted by Gasteiger charge is 2.04. The number of fused-ring (bicyclic) bond motifs is 1. The van der Waals surface area contributed by atoms with E-state index >= 15 is 0 Å². The molecular weight excluding hydrogens is 196 g/mol. The molecule has 0 aliphatic rings. The number of benzene rings is 1. The van der Waals surface area contributed by atoms with Crippen LogP contribution in [0.5, 0.6) is 5.75 Å². The molecule has 1 aromatic heterocycles. The van der Waals surface area contributed by atoms with Gasteiger partial charge in [-0.15, -0.1) is 0 Å². The third kappa shape index (κ3) is 1.71. The first-order valence-corrected chi connectivity index (χ1v) is 4.46. The Kier molecular flexibility index (Phi) is 2.43. The smallest absolute Gasteiger partial charge is 0.344 e. The minimum Gasteiger partial charge on any atom is -0.497 e. The molecule has 0 radical (unpaired) electrons. The van der Waals surface area contributed by atoms with Crippen molar-refractivity contribution in [1.82, 2.24) is 0 Å². The van der Waals surface area contributed by atoms with E-state index in [0.29, 0.717) is 11.1 Å². The van der Waals surface area contributed by atoms with Crippen LogP contribution in [0.3, 0.4) is 0 Å². The summed E-state index contributed by atoms with van der Waals surface area (Å²) in [6.07, 6.45) is 0. The van der Waals surface area contributed by atoms with Crippen molar-refractivity contribution in [3.05, 3.63) is 40.4 Å². The SMILES string of the molecule is COc1ccc2cc(CO)oc(=O)c2c1. The molecule has 1 heterocycles. The van der Waals surface area contributed by atoms with E-state index in [-0.39, 0.29) is 12.4 Å². The van der Waals surface area contributed by atoms with E-state index < -0.39 is 5.63 Å². The monoisotopic (exact) mass is 206 g/mol. The molecule has 2 aromatic rings. The Morgan fingerprint density at radius 2 is 2.20 bits per heavy atom. The van der Waals surface area contributed by atoms with Gasteiger partial charge in [0, 0.05) is 0 Å². The largest absolute Gasteiger partial charge is 0.497 e. The zero-order chi connectivity index (χ0) is 10.8. The molecule has 4 heteroatoms. The predicted octanol–water partition coefficient (Wildman–Crippen LogP) is 1.29. The maximum absolute atomic E-state index is 11.5. The Morgan fingerprint density at radius 3 is 2.87 bits per heavy atom. The summed E-state index contributed by atoms with van der Waals surface area (Å²) in [5.41, 5.74) is -0.463. The van der Waals surface area contributed by atoms with Crippen molar-refractivity contribution in [2.45, 2.75) is 6.61 Å². The van der Waals surface area contributed by atoms with Crippen LogP contribution in [0.4, 0.5) is 0 Å². The quantitative estimate of drug-likeness (QED) is 0.804. The van der Waals surface area contributed by atoms with Crippen LogP contribution in [0.25, 0.3) is 10.8 Å². The van der Waals surface area contributed by atoms with Crippen LogP contribution >= 0.6 is 0 Å². The predicted molar refractivity (Wildman–Crippen MR) is 55.0 cm³/mol. The molecule has 0 saturated heterocycles. The van der Waals surface area contributed by atoms with Crippen molar-refractivity contribution < 1.29 is 14.3 Å². The first-order valence-electron chi connectivity index (χ1n) is 4.46. The van der Waals surface area contributed by atoms with Crippen molar-refractivity contribution in [2.75, 3.05) is 7.11 Å². The maximum atomic E-state index is 11.5. The fourth-order valence-corrected chi connectivity index (χ4v) is 1.42. The summed E-state index contributed by atoms with van der Waals surface area (Å²) in [4.78, 5) is 11.5. The van der Waals surface area contributed by atoms with Crippen LogP contribution in [-0.2, 0) is 6.61 Å². The lowest BCUT2D eigenvalue weighted by atomic mass is 10.1. The zero-order valence-electron chi connectivity index (χ0n) is 8.19. The van der Waals surface area contributed by atoms with E-state index in [1.165, 1.54) is 7.11 Å². The van der Waals surface area contributed by atoms with Crippen molar-refractivity contribution >= 4 is 10.8 Å². The first-order chi connectivity index (χ1) is 7.24. The summed E-state index contributed by atoms with van der Waals surface area (Å²) < 4.78 is 9.88. The summed E-state index contributed by atoms with van der Waals surface area (Å²) in [6.45, 7) is -0.281. The van der Waals surface area contributed by atoms with E-state index in [1.54, 1.807) is 24.3 Å². The molecule has 15 heavy (non-hydrogen) atoms. The molecule has 0 amide bonds. The van der Waals surface area contributed by atoms with Gasteiger partial charge in [0.2, 0.25) is 0 Å². The number of hydrogen-bond donors (Lipinski definition) is 1. The standard InChI is InChI=1S/C11H10O4/c1-14-8-3-2-7-4-9(6-12)15-11(13)10(7)5-8/h2-5,12H,6H2,1H3. The molecule has 0 saturated carbocycles. The molecule has 0 aliphatic carbocycles. The van der Waals surface area contributed by atoms with Crippen LogP contribution in [0.2, 0.25) is 0 Å². The number of hydrogen-bond acceptors (Lipinski definition) is 4. The molecule has 1 N–H and O–H groups in total. The summed E-state index contributed by atoms with van der Waals surface area (Å²) in [5.74, 6) is 0.865. The van der Waals surface area contributed by atoms with Crippen LogP contribution in [0, 0.1) is 0 Å². The van der Waals surface area contributed by atoms with Gasteiger partial charge in [-0.3, -0.25) is 0 Å². The Balaban J connectivity index is 2.74. The van der Waals surface area contributed by atoms with E-state index in [0.717, 1.165) is 5.39 Å². The van der Waals surface area contributed by atoms with Crippen LogP contribution in [0.1, 0.15) is 5.76 Å². The van der Waals surface area contributed by atoms with E-state index in [4.69, 9.17) is 14.3 Å². The molecule has 78 valence electrons. The minimum absolute atomic E-state index is 0.262. The number of methoxy groups -OCH3 is 1. The summed E-state index contributed by atoms with van der Waals surface area (Å²) in [5, 5.41) is 10.0. The van der Waals surface area contributed by atoms with Gasteiger partial charge in [0.25, 0.3) is 0 Å². The minimum atomic E-state index is -0.463. The summed E-state index contributed by atoms with van der Waals surface area (Å²) in [6, 6.07) is 6.76. The lowest BCUT2D eigenvalue weighted by Crippen LogP contribution is -2.02. The highest BCUT2D eigenvalue weighted by molar-refractivity contribution is 5.82. The van der Waals surface area contributed by atoms with Crippen molar-refractivity contribution in [1.29, 1.82) is 0 Å². The van der Waals surface area contributed by atoms with Crippen LogP contribution in [0.15, 0.2) is 33.5 Å². The molecule has 0 unspecified atom stereocenters. The molecule has 0 fully saturated rings. The van der Waals surface area contributed by atoms with Gasteiger partial charge in [0.1, 0.15) is 18.1 Å². The topological polar surface area (TPSA) is 59.7 Å². The molecular formula is C11H10O4. The second-order valence-electron chi connectivity index (χ2n) is 3.11. The average molecular weight is 206 g/mol. The second kappa shape index (κ2) is 3.74. The molecule has 1 aromatic carbocycles. The normalized spacial score (nSPS) is 10.5. The Bertz CT molecular complexity index is 542. The van der Waals surface area contributed by atoms with Gasteiger partial charge in [-0.1, -0.05) is 6.07 Å². The molecule has 0 bridgehead atoms. The van der Waals surface area contributed by atoms with E-state index in [2.05, 4.69) is 0 Å². The molecule has 4 nitrogen and oxygen atoms in total. The second-order valence-corrected chi connectivity index (χ2v) is 3.11. The first kappa shape index (κ1) is 9.73. The van der Waals surface area contributed by atoms with Gasteiger partial charge in [0.05, 0.1) is 12.5 Å². The van der Waals surface area contributed by atoms with Crippen LogP contribution in [-0.4, -0.2) is 12.2 Å². The highest BCUT2D eigenvalue weighted by Crippen LogP contribution is 2.18. The van der Waals surface area contributed by atoms with E-state index in [9.17, 15) is 4.79 Å².